The van der Waals surface area contributed by atoms with E-state index in [1.165, 1.54) is 17.7 Å². The molecule has 0 saturated heterocycles. The summed E-state index contributed by atoms with van der Waals surface area (Å²) in [6, 6.07) is 27.9. The first-order chi connectivity index (χ1) is 13.5. The van der Waals surface area contributed by atoms with Crippen LogP contribution in [0.25, 0.3) is 0 Å². The second-order valence-corrected chi connectivity index (χ2v) is 8.64. The molecule has 1 atom stereocenters. The van der Waals surface area contributed by atoms with E-state index in [0.29, 0.717) is 6.04 Å². The Bertz CT molecular complexity index is 966. The fraction of sp³-hybridized carbons (Fsp3) is 0.269. The van der Waals surface area contributed by atoms with E-state index in [2.05, 4.69) is 80.7 Å². The van der Waals surface area contributed by atoms with Crippen LogP contribution in [0.5, 0.6) is 0 Å². The van der Waals surface area contributed by atoms with Gasteiger partial charge in [-0.05, 0) is 42.0 Å². The van der Waals surface area contributed by atoms with Gasteiger partial charge in [-0.15, -0.1) is 0 Å². The van der Waals surface area contributed by atoms with Crippen LogP contribution in [-0.4, -0.2) is 11.8 Å². The minimum atomic E-state index is 0.244. The van der Waals surface area contributed by atoms with Crippen molar-refractivity contribution in [3.05, 3.63) is 95.6 Å². The van der Waals surface area contributed by atoms with Gasteiger partial charge in [-0.2, -0.15) is 0 Å². The maximum atomic E-state index is 5.00. The van der Waals surface area contributed by atoms with Crippen LogP contribution in [0, 0.1) is 5.41 Å². The summed E-state index contributed by atoms with van der Waals surface area (Å²) in [5.74, 6) is 0. The topological polar surface area (TPSA) is 24.4 Å². The normalized spacial score (nSPS) is 17.0. The van der Waals surface area contributed by atoms with Crippen molar-refractivity contribution in [2.24, 2.45) is 10.4 Å². The third kappa shape index (κ3) is 4.01. The average molecular weight is 369 g/mol. The first-order valence-electron chi connectivity index (χ1n) is 10.1. The summed E-state index contributed by atoms with van der Waals surface area (Å²) in [4.78, 5) is 5.00. The lowest BCUT2D eigenvalue weighted by molar-refractivity contribution is 0.321. The van der Waals surface area contributed by atoms with Crippen LogP contribution in [0.2, 0.25) is 0 Å². The molecule has 3 aromatic rings. The molecule has 0 fully saturated rings. The number of fused-ring (bicyclic) bond motifs is 1. The number of para-hydroxylation sites is 1. The van der Waals surface area contributed by atoms with E-state index in [4.69, 9.17) is 4.99 Å². The van der Waals surface area contributed by atoms with Crippen molar-refractivity contribution in [3.63, 3.8) is 0 Å². The molecule has 0 amide bonds. The van der Waals surface area contributed by atoms with Crippen molar-refractivity contribution >= 4 is 17.1 Å². The average Bonchev–Trinajstić information content (AvgIpc) is 2.72. The van der Waals surface area contributed by atoms with E-state index < -0.39 is 0 Å². The Kier molecular flexibility index (Phi) is 5.04. The number of benzene rings is 3. The second-order valence-electron chi connectivity index (χ2n) is 8.64. The van der Waals surface area contributed by atoms with E-state index in [1.807, 2.05) is 24.3 Å². The molecular formula is C26H28N2. The Balaban J connectivity index is 1.77. The van der Waals surface area contributed by atoms with Crippen molar-refractivity contribution in [1.82, 2.24) is 0 Å². The van der Waals surface area contributed by atoms with Crippen LogP contribution in [0.3, 0.4) is 0 Å². The fourth-order valence-corrected chi connectivity index (χ4v) is 3.81. The highest BCUT2D eigenvalue weighted by Gasteiger charge is 2.28. The Morgan fingerprint density at radius 3 is 2.21 bits per heavy atom. The Hall–Kier alpha value is -2.87. The number of aliphatic imine (C=N–C) groups is 1. The molecule has 0 aliphatic carbocycles. The summed E-state index contributed by atoms with van der Waals surface area (Å²) in [5.41, 5.74) is 7.16. The highest BCUT2D eigenvalue weighted by Crippen LogP contribution is 2.34. The van der Waals surface area contributed by atoms with E-state index in [-0.39, 0.29) is 5.41 Å². The van der Waals surface area contributed by atoms with Gasteiger partial charge in [-0.25, -0.2) is 4.99 Å². The molecule has 1 aliphatic rings. The minimum Gasteiger partial charge on any atom is -0.382 e. The van der Waals surface area contributed by atoms with E-state index in [0.717, 1.165) is 28.9 Å². The van der Waals surface area contributed by atoms with E-state index in [9.17, 15) is 0 Å². The lowest BCUT2D eigenvalue weighted by Gasteiger charge is -2.36. The quantitative estimate of drug-likeness (QED) is 0.516. The van der Waals surface area contributed by atoms with Crippen molar-refractivity contribution in [1.29, 1.82) is 0 Å². The predicted octanol–water partition coefficient (Wildman–Crippen LogP) is 6.63. The van der Waals surface area contributed by atoms with Gasteiger partial charge in [0.05, 0.1) is 11.4 Å². The molecular weight excluding hydrogens is 340 g/mol. The Morgan fingerprint density at radius 2 is 1.54 bits per heavy atom. The van der Waals surface area contributed by atoms with Crippen LogP contribution in [0.15, 0.2) is 83.9 Å². The van der Waals surface area contributed by atoms with Crippen LogP contribution < -0.4 is 5.32 Å². The standard InChI is InChI=1S/C26H28N2/c1-26(2,3)24-17-16-19-14-15-21(18-23(19)28-24)25(20-10-6-4-7-11-20)27-22-12-8-5-9-13-22/h4-15,18,24,28H,16-17H2,1-3H3. The van der Waals surface area contributed by atoms with Crippen LogP contribution in [0.4, 0.5) is 11.4 Å². The molecule has 0 saturated carbocycles. The zero-order valence-corrected chi connectivity index (χ0v) is 16.9. The van der Waals surface area contributed by atoms with Crippen LogP contribution in [0.1, 0.15) is 43.9 Å². The third-order valence-corrected chi connectivity index (χ3v) is 5.51. The van der Waals surface area contributed by atoms with Crippen molar-refractivity contribution < 1.29 is 0 Å². The number of hydrogen-bond acceptors (Lipinski definition) is 2. The number of anilines is 1. The van der Waals surface area contributed by atoms with Crippen molar-refractivity contribution in [2.45, 2.75) is 39.7 Å². The summed E-state index contributed by atoms with van der Waals surface area (Å²) in [7, 11) is 0. The van der Waals surface area contributed by atoms with Gasteiger partial charge in [0.1, 0.15) is 0 Å². The fourth-order valence-electron chi connectivity index (χ4n) is 3.81. The maximum absolute atomic E-state index is 5.00. The third-order valence-electron chi connectivity index (χ3n) is 5.51. The largest absolute Gasteiger partial charge is 0.382 e. The molecule has 4 rings (SSSR count). The molecule has 0 radical (unpaired) electrons. The highest BCUT2D eigenvalue weighted by atomic mass is 14.9. The van der Waals surface area contributed by atoms with Gasteiger partial charge in [0.25, 0.3) is 0 Å². The van der Waals surface area contributed by atoms with Crippen molar-refractivity contribution in [3.8, 4) is 0 Å². The second kappa shape index (κ2) is 7.63. The molecule has 0 spiro atoms. The van der Waals surface area contributed by atoms with Gasteiger partial charge in [-0.3, -0.25) is 0 Å². The first kappa shape index (κ1) is 18.5. The molecule has 0 bridgehead atoms. The molecule has 1 unspecified atom stereocenters. The Morgan fingerprint density at radius 1 is 0.857 bits per heavy atom. The zero-order chi connectivity index (χ0) is 19.6. The number of hydrogen-bond donors (Lipinski definition) is 1. The Labute approximate surface area is 168 Å². The predicted molar refractivity (Wildman–Crippen MR) is 120 cm³/mol. The number of nitrogens with zero attached hydrogens (tertiary/aromatic N) is 1. The van der Waals surface area contributed by atoms with E-state index in [1.54, 1.807) is 0 Å². The van der Waals surface area contributed by atoms with Gasteiger partial charge < -0.3 is 5.32 Å². The monoisotopic (exact) mass is 368 g/mol. The van der Waals surface area contributed by atoms with Gasteiger partial charge in [0.2, 0.25) is 0 Å². The molecule has 1 N–H and O–H groups in total. The molecule has 1 heterocycles. The molecule has 3 aromatic carbocycles. The van der Waals surface area contributed by atoms with E-state index >= 15 is 0 Å². The number of rotatable bonds is 3. The van der Waals surface area contributed by atoms with Gasteiger partial charge >= 0.3 is 0 Å². The van der Waals surface area contributed by atoms with Crippen LogP contribution >= 0.6 is 0 Å². The highest BCUT2D eigenvalue weighted by molar-refractivity contribution is 6.14. The molecule has 1 aliphatic heterocycles. The van der Waals surface area contributed by atoms with Crippen LogP contribution in [-0.2, 0) is 6.42 Å². The number of nitrogens with one attached hydrogen (secondary N) is 1. The summed E-state index contributed by atoms with van der Waals surface area (Å²) in [6.45, 7) is 6.93. The molecule has 142 valence electrons. The van der Waals surface area contributed by atoms with Crippen molar-refractivity contribution in [2.75, 3.05) is 5.32 Å². The van der Waals surface area contributed by atoms with Gasteiger partial charge in [0, 0.05) is 22.9 Å². The summed E-state index contributed by atoms with van der Waals surface area (Å²) >= 11 is 0. The minimum absolute atomic E-state index is 0.244. The molecule has 0 aromatic heterocycles. The SMILES string of the molecule is CC(C)(C)C1CCc2ccc(C(=Nc3ccccc3)c3ccccc3)cc2N1. The molecule has 2 nitrogen and oxygen atoms in total. The lowest BCUT2D eigenvalue weighted by atomic mass is 9.80. The summed E-state index contributed by atoms with van der Waals surface area (Å²) < 4.78 is 0. The smallest absolute Gasteiger partial charge is 0.0782 e. The number of aryl methyl sites for hydroxylation is 1. The summed E-state index contributed by atoms with van der Waals surface area (Å²) in [5, 5.41) is 3.79. The summed E-state index contributed by atoms with van der Waals surface area (Å²) in [6.07, 6.45) is 2.31. The molecule has 2 heteroatoms. The van der Waals surface area contributed by atoms with Gasteiger partial charge in [0.15, 0.2) is 0 Å². The molecule has 28 heavy (non-hydrogen) atoms. The first-order valence-corrected chi connectivity index (χ1v) is 10.1. The zero-order valence-electron chi connectivity index (χ0n) is 16.9. The maximum Gasteiger partial charge on any atom is 0.0782 e. The lowest BCUT2D eigenvalue weighted by Crippen LogP contribution is -2.37. The van der Waals surface area contributed by atoms with Gasteiger partial charge in [-0.1, -0.05) is 81.4 Å².